The molecule has 1 aliphatic heterocycles. The van der Waals surface area contributed by atoms with Crippen LogP contribution in [0.2, 0.25) is 0 Å². The smallest absolute Gasteiger partial charge is 0.325 e. The molecule has 2 N–H and O–H groups in total. The minimum absolute atomic E-state index is 0.555. The maximum absolute atomic E-state index is 12.2. The van der Waals surface area contributed by atoms with Gasteiger partial charge in [0.05, 0.1) is 0 Å². The number of carboxylic acid groups (broad SMARTS) is 1. The molecule has 0 aromatic heterocycles. The summed E-state index contributed by atoms with van der Waals surface area (Å²) in [5.74, 6) is -1.78. The topological polar surface area (TPSA) is 86.7 Å². The summed E-state index contributed by atoms with van der Waals surface area (Å²) in [5.41, 5.74) is -0.579. The molecule has 1 heterocycles. The Balaban J connectivity index is 2.35. The van der Waals surface area contributed by atoms with Gasteiger partial charge in [0, 0.05) is 0 Å². The standard InChI is InChI=1S/C12H12N2O4/c1-12(8-5-3-2-4-6-8)10(17)14(7-9(15)16)11(18)13-12/h2-6H,7H2,1H3,(H,13,18)(H,15,16). The number of benzene rings is 1. The van der Waals surface area contributed by atoms with Gasteiger partial charge in [0.2, 0.25) is 0 Å². The summed E-state index contributed by atoms with van der Waals surface area (Å²) in [6.07, 6.45) is 0. The summed E-state index contributed by atoms with van der Waals surface area (Å²) in [6.45, 7) is 0.928. The molecule has 0 saturated carbocycles. The zero-order valence-corrected chi connectivity index (χ0v) is 9.71. The summed E-state index contributed by atoms with van der Waals surface area (Å²) in [4.78, 5) is 35.1. The van der Waals surface area contributed by atoms with Gasteiger partial charge >= 0.3 is 12.0 Å². The Morgan fingerprint density at radius 2 is 1.94 bits per heavy atom. The molecule has 6 nitrogen and oxygen atoms in total. The van der Waals surface area contributed by atoms with E-state index in [1.54, 1.807) is 37.3 Å². The molecule has 1 saturated heterocycles. The molecule has 94 valence electrons. The highest BCUT2D eigenvalue weighted by atomic mass is 16.4. The normalized spacial score (nSPS) is 23.1. The maximum Gasteiger partial charge on any atom is 0.325 e. The van der Waals surface area contributed by atoms with Crippen molar-refractivity contribution in [1.29, 1.82) is 0 Å². The lowest BCUT2D eigenvalue weighted by Crippen LogP contribution is -2.41. The van der Waals surface area contributed by atoms with E-state index in [1.807, 2.05) is 0 Å². The van der Waals surface area contributed by atoms with E-state index in [4.69, 9.17) is 5.11 Å². The Bertz CT molecular complexity index is 514. The van der Waals surface area contributed by atoms with Crippen LogP contribution < -0.4 is 5.32 Å². The molecule has 1 aromatic carbocycles. The maximum atomic E-state index is 12.2. The summed E-state index contributed by atoms with van der Waals surface area (Å²) < 4.78 is 0. The summed E-state index contributed by atoms with van der Waals surface area (Å²) >= 11 is 0. The van der Waals surface area contributed by atoms with E-state index >= 15 is 0 Å². The Labute approximate surface area is 103 Å². The minimum atomic E-state index is -1.23. The average molecular weight is 248 g/mol. The van der Waals surface area contributed by atoms with Crippen molar-refractivity contribution in [3.05, 3.63) is 35.9 Å². The van der Waals surface area contributed by atoms with Crippen molar-refractivity contribution in [2.45, 2.75) is 12.5 Å². The van der Waals surface area contributed by atoms with Crippen LogP contribution in [0, 0.1) is 0 Å². The molecule has 0 radical (unpaired) electrons. The van der Waals surface area contributed by atoms with Crippen LogP contribution >= 0.6 is 0 Å². The third-order valence-corrected chi connectivity index (χ3v) is 2.92. The Kier molecular flexibility index (Phi) is 2.78. The molecule has 0 spiro atoms. The molecular formula is C12H12N2O4. The lowest BCUT2D eigenvalue weighted by atomic mass is 9.92. The summed E-state index contributed by atoms with van der Waals surface area (Å²) in [7, 11) is 0. The molecule has 1 fully saturated rings. The molecule has 0 aliphatic carbocycles. The Morgan fingerprint density at radius 1 is 1.33 bits per heavy atom. The summed E-state index contributed by atoms with van der Waals surface area (Å²) in [6, 6.07) is 8.03. The van der Waals surface area contributed by atoms with Gasteiger partial charge in [0.15, 0.2) is 0 Å². The second-order valence-electron chi connectivity index (χ2n) is 4.21. The fraction of sp³-hybridized carbons (Fsp3) is 0.250. The van der Waals surface area contributed by atoms with Crippen LogP contribution in [0.4, 0.5) is 4.79 Å². The lowest BCUT2D eigenvalue weighted by Gasteiger charge is -2.21. The zero-order valence-electron chi connectivity index (χ0n) is 9.71. The molecule has 1 atom stereocenters. The highest BCUT2D eigenvalue weighted by Gasteiger charge is 2.49. The van der Waals surface area contributed by atoms with Crippen LogP contribution in [0.15, 0.2) is 30.3 Å². The molecule has 3 amide bonds. The first-order valence-corrected chi connectivity index (χ1v) is 5.36. The second-order valence-corrected chi connectivity index (χ2v) is 4.21. The van der Waals surface area contributed by atoms with Gasteiger partial charge in [-0.05, 0) is 12.5 Å². The molecule has 1 aliphatic rings. The highest BCUT2D eigenvalue weighted by molar-refractivity contribution is 6.08. The number of carbonyl (C=O) groups is 3. The van der Waals surface area contributed by atoms with Crippen molar-refractivity contribution < 1.29 is 19.5 Å². The van der Waals surface area contributed by atoms with Crippen LogP contribution in [0.5, 0.6) is 0 Å². The Morgan fingerprint density at radius 3 is 2.50 bits per heavy atom. The van der Waals surface area contributed by atoms with E-state index in [-0.39, 0.29) is 0 Å². The van der Waals surface area contributed by atoms with Crippen molar-refractivity contribution in [2.75, 3.05) is 6.54 Å². The van der Waals surface area contributed by atoms with E-state index in [2.05, 4.69) is 5.32 Å². The predicted octanol–water partition coefficient (Wildman–Crippen LogP) is 0.538. The van der Waals surface area contributed by atoms with Crippen LogP contribution in [0.1, 0.15) is 12.5 Å². The quantitative estimate of drug-likeness (QED) is 0.764. The first kappa shape index (κ1) is 12.1. The monoisotopic (exact) mass is 248 g/mol. The van der Waals surface area contributed by atoms with Crippen LogP contribution in [-0.2, 0) is 15.1 Å². The fourth-order valence-corrected chi connectivity index (χ4v) is 1.94. The number of carboxylic acids is 1. The number of rotatable bonds is 3. The lowest BCUT2D eigenvalue weighted by molar-refractivity contribution is -0.142. The van der Waals surface area contributed by atoms with Gasteiger partial charge in [-0.2, -0.15) is 0 Å². The third kappa shape index (κ3) is 1.81. The van der Waals surface area contributed by atoms with E-state index < -0.39 is 30.0 Å². The van der Waals surface area contributed by atoms with Crippen molar-refractivity contribution in [2.24, 2.45) is 0 Å². The van der Waals surface area contributed by atoms with Crippen molar-refractivity contribution in [3.8, 4) is 0 Å². The molecule has 1 unspecified atom stereocenters. The van der Waals surface area contributed by atoms with Crippen molar-refractivity contribution in [3.63, 3.8) is 0 Å². The number of nitrogens with one attached hydrogen (secondary N) is 1. The predicted molar refractivity (Wildman–Crippen MR) is 61.7 cm³/mol. The fourth-order valence-electron chi connectivity index (χ4n) is 1.94. The number of hydrogen-bond acceptors (Lipinski definition) is 3. The number of carbonyl (C=O) groups excluding carboxylic acids is 2. The SMILES string of the molecule is CC1(c2ccccc2)NC(=O)N(CC(=O)O)C1=O. The molecule has 0 bridgehead atoms. The molecule has 1 aromatic rings. The van der Waals surface area contributed by atoms with Gasteiger partial charge in [0.25, 0.3) is 5.91 Å². The number of urea groups is 1. The number of hydrogen-bond donors (Lipinski definition) is 2. The van der Waals surface area contributed by atoms with Crippen LogP contribution in [0.3, 0.4) is 0 Å². The van der Waals surface area contributed by atoms with Gasteiger partial charge in [-0.15, -0.1) is 0 Å². The Hall–Kier alpha value is -2.37. The van der Waals surface area contributed by atoms with E-state index in [0.29, 0.717) is 10.5 Å². The highest BCUT2D eigenvalue weighted by Crippen LogP contribution is 2.28. The van der Waals surface area contributed by atoms with Crippen molar-refractivity contribution in [1.82, 2.24) is 10.2 Å². The van der Waals surface area contributed by atoms with E-state index in [1.165, 1.54) is 0 Å². The van der Waals surface area contributed by atoms with E-state index in [0.717, 1.165) is 0 Å². The minimum Gasteiger partial charge on any atom is -0.480 e. The first-order valence-electron chi connectivity index (χ1n) is 5.36. The largest absolute Gasteiger partial charge is 0.480 e. The van der Waals surface area contributed by atoms with Crippen LogP contribution in [-0.4, -0.2) is 34.5 Å². The molecule has 18 heavy (non-hydrogen) atoms. The van der Waals surface area contributed by atoms with Gasteiger partial charge < -0.3 is 10.4 Å². The number of imide groups is 1. The van der Waals surface area contributed by atoms with Gasteiger partial charge in [-0.3, -0.25) is 14.5 Å². The zero-order chi connectivity index (χ0) is 13.3. The molecule has 2 rings (SSSR count). The first-order chi connectivity index (χ1) is 8.45. The second kappa shape index (κ2) is 4.14. The van der Waals surface area contributed by atoms with E-state index in [9.17, 15) is 14.4 Å². The van der Waals surface area contributed by atoms with Crippen molar-refractivity contribution >= 4 is 17.9 Å². The van der Waals surface area contributed by atoms with Crippen LogP contribution in [0.25, 0.3) is 0 Å². The third-order valence-electron chi connectivity index (χ3n) is 2.92. The summed E-state index contributed by atoms with van der Waals surface area (Å²) in [5, 5.41) is 11.2. The van der Waals surface area contributed by atoms with Gasteiger partial charge in [0.1, 0.15) is 12.1 Å². The molecular weight excluding hydrogens is 236 g/mol. The molecule has 6 heteroatoms. The number of amides is 3. The number of nitrogens with zero attached hydrogens (tertiary/aromatic N) is 1. The van der Waals surface area contributed by atoms with Gasteiger partial charge in [-0.1, -0.05) is 30.3 Å². The average Bonchev–Trinajstić information content (AvgIpc) is 2.55. The van der Waals surface area contributed by atoms with Gasteiger partial charge in [-0.25, -0.2) is 4.79 Å². The number of aliphatic carboxylic acids is 1.